The molecule has 1 aromatic heterocycles. The average molecular weight is 497 g/mol. The third-order valence-electron chi connectivity index (χ3n) is 4.15. The maximum Gasteiger partial charge on any atom is 0.335 e. The van der Waals surface area contributed by atoms with Crippen LogP contribution in [0.1, 0.15) is 21.5 Å². The van der Waals surface area contributed by atoms with E-state index in [9.17, 15) is 13.2 Å². The summed E-state index contributed by atoms with van der Waals surface area (Å²) in [4.78, 5) is 19.2. The van der Waals surface area contributed by atoms with E-state index in [-0.39, 0.29) is 21.6 Å². The van der Waals surface area contributed by atoms with Crippen molar-refractivity contribution in [1.82, 2.24) is 9.97 Å². The van der Waals surface area contributed by atoms with Gasteiger partial charge in [-0.2, -0.15) is 4.98 Å². The van der Waals surface area contributed by atoms with Crippen molar-refractivity contribution < 1.29 is 18.3 Å². The molecule has 0 aliphatic rings. The van der Waals surface area contributed by atoms with Crippen molar-refractivity contribution in [2.45, 2.75) is 18.7 Å². The summed E-state index contributed by atoms with van der Waals surface area (Å²) in [7, 11) is -4.13. The third-order valence-corrected chi connectivity index (χ3v) is 6.72. The number of aromatic nitrogens is 2. The highest BCUT2D eigenvalue weighted by Crippen LogP contribution is 2.36. The van der Waals surface area contributed by atoms with Gasteiger partial charge < -0.3 is 5.11 Å². The number of rotatable bonds is 5. The predicted octanol–water partition coefficient (Wildman–Crippen LogP) is 4.68. The van der Waals surface area contributed by atoms with Gasteiger partial charge in [-0.25, -0.2) is 22.9 Å². The van der Waals surface area contributed by atoms with E-state index < -0.39 is 16.0 Å². The van der Waals surface area contributed by atoms with E-state index in [0.717, 1.165) is 22.8 Å². The molecule has 29 heavy (non-hydrogen) atoms. The molecule has 10 heteroatoms. The molecule has 0 bridgehead atoms. The molecule has 1 heterocycles. The van der Waals surface area contributed by atoms with E-state index >= 15 is 0 Å². The Morgan fingerprint density at radius 2 is 1.72 bits per heavy atom. The minimum Gasteiger partial charge on any atom is -0.478 e. The van der Waals surface area contributed by atoms with Crippen LogP contribution in [0.5, 0.6) is 0 Å². The molecule has 2 N–H and O–H groups in total. The first-order valence-electron chi connectivity index (χ1n) is 8.26. The Hall–Kier alpha value is -2.49. The lowest BCUT2D eigenvalue weighted by molar-refractivity contribution is 0.0696. The summed E-state index contributed by atoms with van der Waals surface area (Å²) in [6, 6.07) is 10.7. The lowest BCUT2D eigenvalue weighted by Gasteiger charge is -2.14. The van der Waals surface area contributed by atoms with Crippen LogP contribution < -0.4 is 4.72 Å². The molecule has 0 fully saturated rings. The van der Waals surface area contributed by atoms with Crippen LogP contribution in [-0.2, 0) is 10.0 Å². The monoisotopic (exact) mass is 495 g/mol. The molecule has 3 rings (SSSR count). The lowest BCUT2D eigenvalue weighted by Crippen LogP contribution is -2.16. The van der Waals surface area contributed by atoms with Crippen molar-refractivity contribution in [1.29, 1.82) is 0 Å². The molecular weight excluding hydrogens is 482 g/mol. The molecule has 0 spiro atoms. The fraction of sp³-hybridized carbons (Fsp3) is 0.105. The highest BCUT2D eigenvalue weighted by molar-refractivity contribution is 9.10. The molecule has 0 aliphatic heterocycles. The van der Waals surface area contributed by atoms with Crippen LogP contribution in [0.15, 0.2) is 51.8 Å². The standard InChI is InChI=1S/C19H15BrClN3O4S/c1-10-5-3-6-11(2)14(10)16-15(20)17(21)23-19(22-16)24-29(27,28)13-8-4-7-12(9-13)18(25)26/h3-9H,1-2H3,(H,25,26)(H,22,23,24). The number of anilines is 1. The zero-order chi connectivity index (χ0) is 21.3. The number of carboxylic acid groups (broad SMARTS) is 1. The van der Waals surface area contributed by atoms with Gasteiger partial charge in [-0.15, -0.1) is 0 Å². The highest BCUT2D eigenvalue weighted by atomic mass is 79.9. The number of halogens is 2. The van der Waals surface area contributed by atoms with E-state index in [2.05, 4.69) is 30.6 Å². The van der Waals surface area contributed by atoms with Gasteiger partial charge in [0, 0.05) is 5.56 Å². The maximum absolute atomic E-state index is 12.7. The van der Waals surface area contributed by atoms with Gasteiger partial charge in [0.1, 0.15) is 5.15 Å². The van der Waals surface area contributed by atoms with Crippen molar-refractivity contribution in [2.75, 3.05) is 4.72 Å². The second-order valence-corrected chi connectivity index (χ2v) is 9.04. The van der Waals surface area contributed by atoms with Crippen molar-refractivity contribution >= 4 is 49.5 Å². The smallest absolute Gasteiger partial charge is 0.335 e. The van der Waals surface area contributed by atoms with Crippen LogP contribution >= 0.6 is 27.5 Å². The Labute approximate surface area is 181 Å². The van der Waals surface area contributed by atoms with Crippen LogP contribution in [-0.4, -0.2) is 29.5 Å². The molecule has 0 aliphatic carbocycles. The fourth-order valence-corrected chi connectivity index (χ4v) is 4.33. The molecule has 150 valence electrons. The number of hydrogen-bond acceptors (Lipinski definition) is 5. The van der Waals surface area contributed by atoms with Gasteiger partial charge in [0.25, 0.3) is 10.0 Å². The van der Waals surface area contributed by atoms with Crippen LogP contribution in [0.3, 0.4) is 0 Å². The normalized spacial score (nSPS) is 11.3. The Balaban J connectivity index is 2.08. The molecule has 3 aromatic rings. The number of hydrogen-bond donors (Lipinski definition) is 2. The second-order valence-electron chi connectivity index (χ2n) is 6.21. The predicted molar refractivity (Wildman–Crippen MR) is 114 cm³/mol. The van der Waals surface area contributed by atoms with Crippen molar-refractivity contribution in [3.8, 4) is 11.3 Å². The summed E-state index contributed by atoms with van der Waals surface area (Å²) in [6.07, 6.45) is 0. The number of benzene rings is 2. The Morgan fingerprint density at radius 3 is 2.34 bits per heavy atom. The number of sulfonamides is 1. The summed E-state index contributed by atoms with van der Waals surface area (Å²) in [5, 5.41) is 9.12. The third kappa shape index (κ3) is 4.42. The molecule has 2 aromatic carbocycles. The zero-order valence-electron chi connectivity index (χ0n) is 15.3. The van der Waals surface area contributed by atoms with Crippen molar-refractivity contribution in [3.05, 3.63) is 68.8 Å². The Kier molecular flexibility index (Phi) is 5.92. The average Bonchev–Trinajstić information content (AvgIpc) is 2.65. The summed E-state index contributed by atoms with van der Waals surface area (Å²) in [6.45, 7) is 3.82. The minimum atomic E-state index is -4.13. The van der Waals surface area contributed by atoms with E-state index in [4.69, 9.17) is 16.7 Å². The molecule has 0 unspecified atom stereocenters. The van der Waals surface area contributed by atoms with Gasteiger partial charge in [0.15, 0.2) is 0 Å². The number of carbonyl (C=O) groups is 1. The lowest BCUT2D eigenvalue weighted by atomic mass is 10.00. The summed E-state index contributed by atoms with van der Waals surface area (Å²) in [5.41, 5.74) is 2.96. The van der Waals surface area contributed by atoms with Gasteiger partial charge in [0.2, 0.25) is 5.95 Å². The van der Waals surface area contributed by atoms with Crippen LogP contribution in [0.2, 0.25) is 5.15 Å². The molecule has 0 atom stereocenters. The highest BCUT2D eigenvalue weighted by Gasteiger charge is 2.21. The maximum atomic E-state index is 12.7. The van der Waals surface area contributed by atoms with Crippen molar-refractivity contribution in [2.24, 2.45) is 0 Å². The number of aryl methyl sites for hydroxylation is 2. The first kappa shape index (κ1) is 21.2. The van der Waals surface area contributed by atoms with E-state index in [0.29, 0.717) is 10.2 Å². The molecule has 0 saturated carbocycles. The van der Waals surface area contributed by atoms with Gasteiger partial charge >= 0.3 is 5.97 Å². The zero-order valence-corrected chi connectivity index (χ0v) is 18.4. The first-order chi connectivity index (χ1) is 13.6. The number of nitrogens with one attached hydrogen (secondary N) is 1. The van der Waals surface area contributed by atoms with Crippen molar-refractivity contribution in [3.63, 3.8) is 0 Å². The van der Waals surface area contributed by atoms with Gasteiger partial charge in [-0.05, 0) is 59.1 Å². The van der Waals surface area contributed by atoms with Gasteiger partial charge in [-0.1, -0.05) is 35.9 Å². The van der Waals surface area contributed by atoms with E-state index in [1.807, 2.05) is 32.0 Å². The second kappa shape index (κ2) is 8.10. The van der Waals surface area contributed by atoms with Gasteiger partial charge in [0.05, 0.1) is 20.6 Å². The fourth-order valence-electron chi connectivity index (χ4n) is 2.79. The molecular formula is C19H15BrClN3O4S. The van der Waals surface area contributed by atoms with Gasteiger partial charge in [-0.3, -0.25) is 0 Å². The molecule has 0 saturated heterocycles. The SMILES string of the molecule is Cc1cccc(C)c1-c1nc(NS(=O)(=O)c2cccc(C(=O)O)c2)nc(Cl)c1Br. The summed E-state index contributed by atoms with van der Waals surface area (Å²) >= 11 is 9.57. The molecule has 7 nitrogen and oxygen atoms in total. The van der Waals surface area contributed by atoms with Crippen LogP contribution in [0.25, 0.3) is 11.3 Å². The summed E-state index contributed by atoms with van der Waals surface area (Å²) in [5.74, 6) is -1.46. The number of carboxylic acids is 1. The molecule has 0 radical (unpaired) electrons. The Bertz CT molecular complexity index is 1210. The van der Waals surface area contributed by atoms with E-state index in [1.165, 1.54) is 18.2 Å². The number of aromatic carboxylic acids is 1. The van der Waals surface area contributed by atoms with E-state index in [1.54, 1.807) is 0 Å². The first-order valence-corrected chi connectivity index (χ1v) is 10.9. The van der Waals surface area contributed by atoms with Crippen LogP contribution in [0.4, 0.5) is 5.95 Å². The Morgan fingerprint density at radius 1 is 1.10 bits per heavy atom. The minimum absolute atomic E-state index is 0.0367. The molecule has 0 amide bonds. The topological polar surface area (TPSA) is 109 Å². The summed E-state index contributed by atoms with van der Waals surface area (Å²) < 4.78 is 28.1. The quantitative estimate of drug-likeness (QED) is 0.497. The van der Waals surface area contributed by atoms with Crippen LogP contribution in [0, 0.1) is 13.8 Å². The largest absolute Gasteiger partial charge is 0.478 e. The number of nitrogens with zero attached hydrogens (tertiary/aromatic N) is 2.